The molecule has 2 N–H and O–H groups in total. The minimum Gasteiger partial charge on any atom is -0.338 e. The molecule has 0 aliphatic rings. The van der Waals surface area contributed by atoms with Crippen LogP contribution in [0.25, 0.3) is 0 Å². The average molecular weight is 314 g/mol. The second-order valence-electron chi connectivity index (χ2n) is 4.99. The minimum atomic E-state index is -0.204. The van der Waals surface area contributed by atoms with Gasteiger partial charge >= 0.3 is 6.03 Å². The van der Waals surface area contributed by atoms with Crippen LogP contribution < -0.4 is 10.6 Å². The van der Waals surface area contributed by atoms with Crippen molar-refractivity contribution in [1.82, 2.24) is 15.6 Å². The zero-order valence-corrected chi connectivity index (χ0v) is 13.4. The van der Waals surface area contributed by atoms with E-state index in [-0.39, 0.29) is 12.1 Å². The lowest BCUT2D eigenvalue weighted by molar-refractivity contribution is 0.238. The van der Waals surface area contributed by atoms with Gasteiger partial charge in [-0.05, 0) is 31.5 Å². The van der Waals surface area contributed by atoms with Crippen LogP contribution in [0.15, 0.2) is 29.6 Å². The number of aryl methyl sites for hydroxylation is 1. The number of benzene rings is 1. The molecule has 1 aromatic carbocycles. The van der Waals surface area contributed by atoms with Gasteiger partial charge in [-0.15, -0.1) is 11.3 Å². The lowest BCUT2D eigenvalue weighted by Gasteiger charge is -2.15. The van der Waals surface area contributed by atoms with Crippen molar-refractivity contribution in [3.8, 4) is 6.07 Å². The highest BCUT2D eigenvalue weighted by molar-refractivity contribution is 7.09. The predicted molar refractivity (Wildman–Crippen MR) is 86.7 cm³/mol. The Bertz CT molecular complexity index is 672. The monoisotopic (exact) mass is 314 g/mol. The molecule has 1 heterocycles. The molecule has 114 valence electrons. The first-order valence-corrected chi connectivity index (χ1v) is 7.92. The number of nitrogens with zero attached hydrogens (tertiary/aromatic N) is 2. The number of rotatable bonds is 5. The molecule has 2 amide bonds. The van der Waals surface area contributed by atoms with Crippen molar-refractivity contribution in [2.24, 2.45) is 0 Å². The summed E-state index contributed by atoms with van der Waals surface area (Å²) in [6, 6.07) is 8.95. The standard InChI is InChI=1S/C16H18N4OS/c1-11-10-22-15(19-11)7-8-18-16(21)20-12(2)14-5-3-13(9-17)4-6-14/h3-6,10,12H,7-8H2,1-2H3,(H2,18,20,21)/t12-/m0/s1. The number of hydrogen-bond acceptors (Lipinski definition) is 4. The Morgan fingerprint density at radius 3 is 2.73 bits per heavy atom. The maximum absolute atomic E-state index is 11.9. The highest BCUT2D eigenvalue weighted by Crippen LogP contribution is 2.13. The zero-order chi connectivity index (χ0) is 15.9. The number of amides is 2. The Balaban J connectivity index is 1.77. The molecular formula is C16H18N4OS. The van der Waals surface area contributed by atoms with Gasteiger partial charge in [0.25, 0.3) is 0 Å². The van der Waals surface area contributed by atoms with Gasteiger partial charge in [0.2, 0.25) is 0 Å². The van der Waals surface area contributed by atoms with E-state index < -0.39 is 0 Å². The molecule has 0 saturated carbocycles. The van der Waals surface area contributed by atoms with Crippen LogP contribution >= 0.6 is 11.3 Å². The van der Waals surface area contributed by atoms with Gasteiger partial charge in [-0.3, -0.25) is 0 Å². The van der Waals surface area contributed by atoms with E-state index in [2.05, 4.69) is 21.7 Å². The molecule has 0 unspecified atom stereocenters. The first kappa shape index (κ1) is 16.0. The fraction of sp³-hybridized carbons (Fsp3) is 0.312. The number of aromatic nitrogens is 1. The topological polar surface area (TPSA) is 77.8 Å². The molecule has 0 aliphatic heterocycles. The normalized spacial score (nSPS) is 11.5. The van der Waals surface area contributed by atoms with Gasteiger partial charge in [-0.1, -0.05) is 12.1 Å². The van der Waals surface area contributed by atoms with Gasteiger partial charge in [0.1, 0.15) is 0 Å². The summed E-state index contributed by atoms with van der Waals surface area (Å²) in [6.45, 7) is 4.42. The first-order chi connectivity index (χ1) is 10.6. The van der Waals surface area contributed by atoms with Crippen LogP contribution in [-0.2, 0) is 6.42 Å². The molecule has 0 fully saturated rings. The SMILES string of the molecule is Cc1csc(CCNC(=O)N[C@@H](C)c2ccc(C#N)cc2)n1. The summed E-state index contributed by atoms with van der Waals surface area (Å²) in [7, 11) is 0. The molecule has 2 rings (SSSR count). The van der Waals surface area contributed by atoms with Gasteiger partial charge in [0, 0.05) is 24.0 Å². The van der Waals surface area contributed by atoms with Crippen molar-refractivity contribution in [2.45, 2.75) is 26.3 Å². The molecule has 5 nitrogen and oxygen atoms in total. The van der Waals surface area contributed by atoms with E-state index in [1.54, 1.807) is 23.5 Å². The number of urea groups is 1. The van der Waals surface area contributed by atoms with Gasteiger partial charge < -0.3 is 10.6 Å². The summed E-state index contributed by atoms with van der Waals surface area (Å²) >= 11 is 1.61. The molecule has 22 heavy (non-hydrogen) atoms. The quantitative estimate of drug-likeness (QED) is 0.890. The van der Waals surface area contributed by atoms with E-state index in [1.165, 1.54) is 0 Å². The number of thiazole rings is 1. The Morgan fingerprint density at radius 2 is 2.14 bits per heavy atom. The lowest BCUT2D eigenvalue weighted by atomic mass is 10.1. The Morgan fingerprint density at radius 1 is 1.41 bits per heavy atom. The molecule has 0 aliphatic carbocycles. The summed E-state index contributed by atoms with van der Waals surface area (Å²) in [6.07, 6.45) is 0.733. The summed E-state index contributed by atoms with van der Waals surface area (Å²) in [5, 5.41) is 17.5. The number of nitrogens with one attached hydrogen (secondary N) is 2. The van der Waals surface area contributed by atoms with Crippen LogP contribution in [0.2, 0.25) is 0 Å². The number of hydrogen-bond donors (Lipinski definition) is 2. The number of carbonyl (C=O) groups is 1. The lowest BCUT2D eigenvalue weighted by Crippen LogP contribution is -2.38. The average Bonchev–Trinajstić information content (AvgIpc) is 2.92. The summed E-state index contributed by atoms with van der Waals surface area (Å²) in [4.78, 5) is 16.2. The summed E-state index contributed by atoms with van der Waals surface area (Å²) in [5.41, 5.74) is 2.59. The van der Waals surface area contributed by atoms with Crippen LogP contribution in [0.5, 0.6) is 0 Å². The molecule has 0 radical (unpaired) electrons. The zero-order valence-electron chi connectivity index (χ0n) is 12.6. The van der Waals surface area contributed by atoms with Crippen LogP contribution in [0.4, 0.5) is 4.79 Å². The molecular weight excluding hydrogens is 296 g/mol. The maximum atomic E-state index is 11.9. The van der Waals surface area contributed by atoms with Crippen molar-refractivity contribution in [3.63, 3.8) is 0 Å². The van der Waals surface area contributed by atoms with Crippen LogP contribution in [-0.4, -0.2) is 17.6 Å². The van der Waals surface area contributed by atoms with E-state index in [4.69, 9.17) is 5.26 Å². The van der Waals surface area contributed by atoms with Crippen molar-refractivity contribution in [3.05, 3.63) is 51.5 Å². The Hall–Kier alpha value is -2.39. The fourth-order valence-corrected chi connectivity index (χ4v) is 2.75. The van der Waals surface area contributed by atoms with Crippen LogP contribution in [0, 0.1) is 18.3 Å². The smallest absolute Gasteiger partial charge is 0.315 e. The summed E-state index contributed by atoms with van der Waals surface area (Å²) < 4.78 is 0. The number of nitriles is 1. The van der Waals surface area contributed by atoms with Crippen LogP contribution in [0.1, 0.15) is 34.8 Å². The third-order valence-electron chi connectivity index (χ3n) is 3.18. The third kappa shape index (κ3) is 4.57. The highest BCUT2D eigenvalue weighted by atomic mass is 32.1. The van der Waals surface area contributed by atoms with Gasteiger partial charge in [-0.25, -0.2) is 9.78 Å². The maximum Gasteiger partial charge on any atom is 0.315 e. The molecule has 0 bridgehead atoms. The molecule has 6 heteroatoms. The van der Waals surface area contributed by atoms with E-state index in [0.717, 1.165) is 22.7 Å². The largest absolute Gasteiger partial charge is 0.338 e. The van der Waals surface area contributed by atoms with E-state index in [1.807, 2.05) is 31.4 Å². The Kier molecular flexibility index (Phi) is 5.50. The molecule has 0 spiro atoms. The fourth-order valence-electron chi connectivity index (χ4n) is 1.98. The van der Waals surface area contributed by atoms with Gasteiger partial charge in [0.05, 0.1) is 22.7 Å². The second-order valence-corrected chi connectivity index (χ2v) is 5.93. The summed E-state index contributed by atoms with van der Waals surface area (Å²) in [5.74, 6) is 0. The molecule has 2 aromatic rings. The second kappa shape index (κ2) is 7.57. The Labute approximate surface area is 134 Å². The minimum absolute atomic E-state index is 0.116. The van der Waals surface area contributed by atoms with Crippen molar-refractivity contribution in [1.29, 1.82) is 5.26 Å². The van der Waals surface area contributed by atoms with Crippen LogP contribution in [0.3, 0.4) is 0 Å². The van der Waals surface area contributed by atoms with Crippen molar-refractivity contribution >= 4 is 17.4 Å². The van der Waals surface area contributed by atoms with E-state index in [9.17, 15) is 4.79 Å². The third-order valence-corrected chi connectivity index (χ3v) is 4.20. The van der Waals surface area contributed by atoms with E-state index in [0.29, 0.717) is 12.1 Å². The van der Waals surface area contributed by atoms with Crippen molar-refractivity contribution < 1.29 is 4.79 Å². The van der Waals surface area contributed by atoms with Gasteiger partial charge in [0.15, 0.2) is 0 Å². The molecule has 1 aromatic heterocycles. The molecule has 0 saturated heterocycles. The van der Waals surface area contributed by atoms with Gasteiger partial charge in [-0.2, -0.15) is 5.26 Å². The molecule has 1 atom stereocenters. The highest BCUT2D eigenvalue weighted by Gasteiger charge is 2.09. The predicted octanol–water partition coefficient (Wildman–Crippen LogP) is 2.93. The van der Waals surface area contributed by atoms with E-state index >= 15 is 0 Å². The first-order valence-electron chi connectivity index (χ1n) is 7.04. The van der Waals surface area contributed by atoms with Crippen molar-refractivity contribution in [2.75, 3.05) is 6.54 Å². The number of carbonyl (C=O) groups excluding carboxylic acids is 1.